The lowest BCUT2D eigenvalue weighted by Crippen LogP contribution is -2.06. The Morgan fingerprint density at radius 3 is 2.94 bits per heavy atom. The highest BCUT2D eigenvalue weighted by atomic mass is 19.1. The van der Waals surface area contributed by atoms with Crippen molar-refractivity contribution in [2.24, 2.45) is 0 Å². The Kier molecular flexibility index (Phi) is 3.01. The second-order valence-electron chi connectivity index (χ2n) is 3.69. The van der Waals surface area contributed by atoms with E-state index in [0.717, 1.165) is 22.8 Å². The number of nitrogens with zero attached hydrogens (tertiary/aromatic N) is 1. The van der Waals surface area contributed by atoms with Gasteiger partial charge >= 0.3 is 0 Å². The average molecular weight is 219 g/mol. The number of hydrogen-bond acceptors (Lipinski definition) is 2. The van der Waals surface area contributed by atoms with Crippen molar-refractivity contribution in [3.8, 4) is 11.3 Å². The molecule has 0 bridgehead atoms. The Morgan fingerprint density at radius 1 is 1.44 bits per heavy atom. The molecule has 0 saturated carbocycles. The zero-order valence-corrected chi connectivity index (χ0v) is 9.34. The van der Waals surface area contributed by atoms with Crippen molar-refractivity contribution in [1.29, 1.82) is 0 Å². The number of aromatic nitrogens is 2. The molecule has 84 valence electrons. The minimum Gasteiger partial charge on any atom is -0.345 e. The lowest BCUT2D eigenvalue weighted by atomic mass is 10.1. The fraction of sp³-hybridized carbons (Fsp3) is 0.250. The predicted molar refractivity (Wildman–Crippen MR) is 61.5 cm³/mol. The highest BCUT2D eigenvalue weighted by molar-refractivity contribution is 5.62. The molecular weight excluding hydrogens is 205 g/mol. The first-order valence-electron chi connectivity index (χ1n) is 5.16. The van der Waals surface area contributed by atoms with Gasteiger partial charge in [0.1, 0.15) is 11.6 Å². The molecule has 0 aliphatic rings. The normalized spacial score (nSPS) is 10.7. The molecule has 0 aliphatic carbocycles. The largest absolute Gasteiger partial charge is 0.345 e. The lowest BCUT2D eigenvalue weighted by molar-refractivity contribution is 0.628. The molecule has 16 heavy (non-hydrogen) atoms. The number of halogens is 1. The third kappa shape index (κ3) is 2.12. The molecule has 0 atom stereocenters. The number of hydrogen-bond donors (Lipinski definition) is 2. The Hall–Kier alpha value is -1.68. The van der Waals surface area contributed by atoms with E-state index in [-0.39, 0.29) is 5.82 Å². The molecule has 2 rings (SSSR count). The Labute approximate surface area is 93.7 Å². The summed E-state index contributed by atoms with van der Waals surface area (Å²) in [6.45, 7) is 2.58. The van der Waals surface area contributed by atoms with Crippen LogP contribution in [0.5, 0.6) is 0 Å². The van der Waals surface area contributed by atoms with Crippen molar-refractivity contribution in [1.82, 2.24) is 15.3 Å². The number of imidazole rings is 1. The first kappa shape index (κ1) is 10.8. The van der Waals surface area contributed by atoms with Gasteiger partial charge in [0.2, 0.25) is 0 Å². The maximum absolute atomic E-state index is 13.1. The van der Waals surface area contributed by atoms with Gasteiger partial charge in [-0.1, -0.05) is 12.1 Å². The summed E-state index contributed by atoms with van der Waals surface area (Å²) in [6, 6.07) is 6.48. The molecule has 0 spiro atoms. The second-order valence-corrected chi connectivity index (χ2v) is 3.69. The number of H-pyrrole nitrogens is 1. The van der Waals surface area contributed by atoms with Gasteiger partial charge in [0.05, 0.1) is 11.4 Å². The zero-order chi connectivity index (χ0) is 11.5. The molecule has 1 heterocycles. The minimum atomic E-state index is -0.242. The van der Waals surface area contributed by atoms with Crippen molar-refractivity contribution in [3.05, 3.63) is 41.6 Å². The van der Waals surface area contributed by atoms with Crippen LogP contribution in [-0.2, 0) is 6.54 Å². The van der Waals surface area contributed by atoms with Gasteiger partial charge in [0, 0.05) is 12.1 Å². The van der Waals surface area contributed by atoms with E-state index in [0.29, 0.717) is 6.54 Å². The van der Waals surface area contributed by atoms with Crippen LogP contribution in [-0.4, -0.2) is 17.0 Å². The number of aryl methyl sites for hydroxylation is 1. The summed E-state index contributed by atoms with van der Waals surface area (Å²) in [6.07, 6.45) is 0. The van der Waals surface area contributed by atoms with Crippen molar-refractivity contribution < 1.29 is 4.39 Å². The van der Waals surface area contributed by atoms with Gasteiger partial charge in [-0.05, 0) is 26.1 Å². The van der Waals surface area contributed by atoms with Gasteiger partial charge in [-0.3, -0.25) is 0 Å². The number of nitrogens with one attached hydrogen (secondary N) is 2. The van der Waals surface area contributed by atoms with E-state index in [1.807, 2.05) is 20.0 Å². The van der Waals surface area contributed by atoms with Gasteiger partial charge in [-0.25, -0.2) is 9.37 Å². The predicted octanol–water partition coefficient (Wildman–Crippen LogP) is 2.24. The van der Waals surface area contributed by atoms with Gasteiger partial charge in [-0.2, -0.15) is 0 Å². The molecule has 2 aromatic rings. The SMILES string of the molecule is CNCc1[nH]c(C)nc1-c1cccc(F)c1. The number of aromatic amines is 1. The maximum Gasteiger partial charge on any atom is 0.123 e. The van der Waals surface area contributed by atoms with Crippen molar-refractivity contribution in [2.45, 2.75) is 13.5 Å². The first-order valence-corrected chi connectivity index (χ1v) is 5.16. The van der Waals surface area contributed by atoms with E-state index in [1.54, 1.807) is 6.07 Å². The van der Waals surface area contributed by atoms with Crippen LogP contribution in [0.2, 0.25) is 0 Å². The summed E-state index contributed by atoms with van der Waals surface area (Å²) in [5.74, 6) is 0.595. The van der Waals surface area contributed by atoms with Crippen LogP contribution in [0.15, 0.2) is 24.3 Å². The van der Waals surface area contributed by atoms with E-state index in [9.17, 15) is 4.39 Å². The smallest absolute Gasteiger partial charge is 0.123 e. The highest BCUT2D eigenvalue weighted by Crippen LogP contribution is 2.22. The molecule has 0 saturated heterocycles. The molecule has 0 fully saturated rings. The van der Waals surface area contributed by atoms with Crippen LogP contribution in [0.3, 0.4) is 0 Å². The second kappa shape index (κ2) is 4.45. The average Bonchev–Trinajstić information content (AvgIpc) is 2.60. The standard InChI is InChI=1S/C12H14FN3/c1-8-15-11(7-14-2)12(16-8)9-4-3-5-10(13)6-9/h3-6,14H,7H2,1-2H3,(H,15,16). The van der Waals surface area contributed by atoms with Crippen molar-refractivity contribution >= 4 is 0 Å². The van der Waals surface area contributed by atoms with E-state index >= 15 is 0 Å². The van der Waals surface area contributed by atoms with Crippen LogP contribution in [0.25, 0.3) is 11.3 Å². The number of benzene rings is 1. The van der Waals surface area contributed by atoms with Crippen molar-refractivity contribution in [3.63, 3.8) is 0 Å². The molecule has 0 aliphatic heterocycles. The summed E-state index contributed by atoms with van der Waals surface area (Å²) in [4.78, 5) is 7.55. The van der Waals surface area contributed by atoms with Crippen LogP contribution < -0.4 is 5.32 Å². The van der Waals surface area contributed by atoms with Crippen LogP contribution in [0.1, 0.15) is 11.5 Å². The Morgan fingerprint density at radius 2 is 2.25 bits per heavy atom. The van der Waals surface area contributed by atoms with Crippen LogP contribution in [0.4, 0.5) is 4.39 Å². The molecule has 1 aromatic carbocycles. The van der Waals surface area contributed by atoms with Gasteiger partial charge in [-0.15, -0.1) is 0 Å². The third-order valence-corrected chi connectivity index (χ3v) is 2.35. The molecule has 0 unspecified atom stereocenters. The van der Waals surface area contributed by atoms with Gasteiger partial charge in [0.15, 0.2) is 0 Å². The summed E-state index contributed by atoms with van der Waals surface area (Å²) < 4.78 is 13.1. The number of rotatable bonds is 3. The monoisotopic (exact) mass is 219 g/mol. The van der Waals surface area contributed by atoms with Crippen LogP contribution in [0, 0.1) is 12.7 Å². The summed E-state index contributed by atoms with van der Waals surface area (Å²) >= 11 is 0. The van der Waals surface area contributed by atoms with Gasteiger partial charge in [0.25, 0.3) is 0 Å². The third-order valence-electron chi connectivity index (χ3n) is 2.35. The minimum absolute atomic E-state index is 0.242. The van der Waals surface area contributed by atoms with Crippen molar-refractivity contribution in [2.75, 3.05) is 7.05 Å². The first-order chi connectivity index (χ1) is 7.70. The Balaban J connectivity index is 2.46. The molecule has 0 amide bonds. The molecule has 4 heteroatoms. The van der Waals surface area contributed by atoms with Crippen LogP contribution >= 0.6 is 0 Å². The maximum atomic E-state index is 13.1. The van der Waals surface area contributed by atoms with E-state index in [2.05, 4.69) is 15.3 Å². The van der Waals surface area contributed by atoms with E-state index < -0.39 is 0 Å². The molecule has 3 nitrogen and oxygen atoms in total. The fourth-order valence-electron chi connectivity index (χ4n) is 1.72. The summed E-state index contributed by atoms with van der Waals surface area (Å²) in [7, 11) is 1.87. The summed E-state index contributed by atoms with van der Waals surface area (Å²) in [5, 5.41) is 3.06. The highest BCUT2D eigenvalue weighted by Gasteiger charge is 2.10. The molecular formula is C12H14FN3. The zero-order valence-electron chi connectivity index (χ0n) is 9.34. The Bertz CT molecular complexity index is 491. The molecule has 0 radical (unpaired) electrons. The van der Waals surface area contributed by atoms with E-state index in [4.69, 9.17) is 0 Å². The van der Waals surface area contributed by atoms with E-state index in [1.165, 1.54) is 12.1 Å². The summed E-state index contributed by atoms with van der Waals surface area (Å²) in [5.41, 5.74) is 2.59. The quantitative estimate of drug-likeness (QED) is 0.831. The molecule has 1 aromatic heterocycles. The lowest BCUT2D eigenvalue weighted by Gasteiger charge is -2.02. The molecule has 2 N–H and O–H groups in total. The fourth-order valence-corrected chi connectivity index (χ4v) is 1.72. The topological polar surface area (TPSA) is 40.7 Å². The van der Waals surface area contributed by atoms with Gasteiger partial charge < -0.3 is 10.3 Å².